The molecule has 0 unspecified atom stereocenters. The maximum atomic E-state index is 10.0. The van der Waals surface area contributed by atoms with E-state index in [9.17, 15) is 5.11 Å². The van der Waals surface area contributed by atoms with Gasteiger partial charge in [0.1, 0.15) is 5.75 Å². The highest BCUT2D eigenvalue weighted by Gasteiger charge is 2.43. The second-order valence-corrected chi connectivity index (χ2v) is 8.19. The summed E-state index contributed by atoms with van der Waals surface area (Å²) in [6.07, 6.45) is 4.80. The van der Waals surface area contributed by atoms with Crippen LogP contribution >= 0.6 is 0 Å². The first-order chi connectivity index (χ1) is 14.8. The molecule has 2 N–H and O–H groups in total. The van der Waals surface area contributed by atoms with E-state index in [1.54, 1.807) is 7.11 Å². The number of pyridine rings is 1. The number of anilines is 1. The largest absolute Gasteiger partial charge is 0.497 e. The summed E-state index contributed by atoms with van der Waals surface area (Å²) in [5, 5.41) is 13.6. The molecule has 5 heteroatoms. The van der Waals surface area contributed by atoms with Gasteiger partial charge < -0.3 is 15.2 Å². The fourth-order valence-corrected chi connectivity index (χ4v) is 5.02. The lowest BCUT2D eigenvalue weighted by molar-refractivity contribution is 0.172. The van der Waals surface area contributed by atoms with Crippen molar-refractivity contribution < 1.29 is 9.84 Å². The minimum absolute atomic E-state index is 0.0942. The van der Waals surface area contributed by atoms with E-state index in [2.05, 4.69) is 57.7 Å². The molecule has 2 aliphatic heterocycles. The van der Waals surface area contributed by atoms with Crippen LogP contribution in [0.3, 0.4) is 0 Å². The highest BCUT2D eigenvalue weighted by atomic mass is 16.5. The third-order valence-corrected chi connectivity index (χ3v) is 6.53. The molecule has 1 saturated heterocycles. The van der Waals surface area contributed by atoms with Crippen molar-refractivity contribution in [3.8, 4) is 16.9 Å². The normalized spacial score (nSPS) is 22.8. The monoisotopic (exact) mass is 401 g/mol. The Labute approximate surface area is 177 Å². The van der Waals surface area contributed by atoms with Gasteiger partial charge >= 0.3 is 0 Å². The van der Waals surface area contributed by atoms with Crippen molar-refractivity contribution in [3.63, 3.8) is 0 Å². The van der Waals surface area contributed by atoms with Gasteiger partial charge in [0.2, 0.25) is 0 Å². The lowest BCUT2D eigenvalue weighted by Crippen LogP contribution is -2.41. The van der Waals surface area contributed by atoms with Gasteiger partial charge in [-0.1, -0.05) is 18.2 Å². The number of hydrogen-bond acceptors (Lipinski definition) is 5. The van der Waals surface area contributed by atoms with Crippen molar-refractivity contribution >= 4 is 5.69 Å². The molecule has 3 aromatic rings. The number of benzene rings is 2. The Morgan fingerprint density at radius 2 is 1.83 bits per heavy atom. The molecule has 30 heavy (non-hydrogen) atoms. The van der Waals surface area contributed by atoms with Crippen LogP contribution in [0.2, 0.25) is 0 Å². The molecule has 2 aliphatic rings. The molecule has 0 aliphatic carbocycles. The Morgan fingerprint density at radius 3 is 2.57 bits per heavy atom. The van der Waals surface area contributed by atoms with Crippen LogP contribution < -0.4 is 10.1 Å². The molecule has 0 amide bonds. The quantitative estimate of drug-likeness (QED) is 0.674. The average Bonchev–Trinajstić information content (AvgIpc) is 3.23. The number of methoxy groups -OCH3 is 1. The number of aromatic nitrogens is 1. The summed E-state index contributed by atoms with van der Waals surface area (Å²) in [5.41, 5.74) is 6.12. The van der Waals surface area contributed by atoms with Gasteiger partial charge in [-0.15, -0.1) is 0 Å². The molecule has 3 heterocycles. The van der Waals surface area contributed by atoms with Crippen molar-refractivity contribution in [2.75, 3.05) is 25.6 Å². The molecular weight excluding hydrogens is 374 g/mol. The van der Waals surface area contributed by atoms with Crippen LogP contribution in [0.5, 0.6) is 5.75 Å². The standard InChI is InChI=1S/C25H27N3O2/c1-30-20-5-2-18(3-6-20)19-4-7-23-22(14-19)25-21(24(16-29)27-23)10-13-28(25)15-17-8-11-26-12-9-17/h2-9,11-12,14,21,24-25,27,29H,10,13,15-16H2,1H3/t21-,24-,25-/m1/s1. The van der Waals surface area contributed by atoms with E-state index in [0.29, 0.717) is 12.0 Å². The topological polar surface area (TPSA) is 57.6 Å². The van der Waals surface area contributed by atoms with Crippen LogP contribution in [-0.4, -0.2) is 41.3 Å². The second kappa shape index (κ2) is 8.09. The Kier molecular flexibility index (Phi) is 5.15. The minimum Gasteiger partial charge on any atom is -0.497 e. The first-order valence-electron chi connectivity index (χ1n) is 10.6. The smallest absolute Gasteiger partial charge is 0.118 e. The molecule has 2 aromatic carbocycles. The summed E-state index contributed by atoms with van der Waals surface area (Å²) in [5.74, 6) is 1.26. The first-order valence-corrected chi connectivity index (χ1v) is 10.6. The van der Waals surface area contributed by atoms with Crippen molar-refractivity contribution in [2.24, 2.45) is 5.92 Å². The molecule has 0 saturated carbocycles. The zero-order valence-electron chi connectivity index (χ0n) is 17.2. The van der Waals surface area contributed by atoms with Gasteiger partial charge in [-0.2, -0.15) is 0 Å². The second-order valence-electron chi connectivity index (χ2n) is 8.19. The van der Waals surface area contributed by atoms with Gasteiger partial charge in [0.25, 0.3) is 0 Å². The van der Waals surface area contributed by atoms with Gasteiger partial charge in [0.05, 0.1) is 19.8 Å². The minimum atomic E-state index is 0.0942. The lowest BCUT2D eigenvalue weighted by atomic mass is 9.82. The predicted molar refractivity (Wildman–Crippen MR) is 118 cm³/mol. The first kappa shape index (κ1) is 19.1. The van der Waals surface area contributed by atoms with Crippen LogP contribution in [0.4, 0.5) is 5.69 Å². The number of fused-ring (bicyclic) bond motifs is 3. The van der Waals surface area contributed by atoms with E-state index in [0.717, 1.165) is 30.9 Å². The number of nitrogens with zero attached hydrogens (tertiary/aromatic N) is 2. The van der Waals surface area contributed by atoms with E-state index in [1.165, 1.54) is 22.3 Å². The van der Waals surface area contributed by atoms with Gasteiger partial charge in [0.15, 0.2) is 0 Å². The zero-order chi connectivity index (χ0) is 20.5. The van der Waals surface area contributed by atoms with Gasteiger partial charge in [-0.05, 0) is 71.6 Å². The molecule has 0 spiro atoms. The Balaban J connectivity index is 1.51. The van der Waals surface area contributed by atoms with Crippen molar-refractivity contribution in [2.45, 2.75) is 25.0 Å². The molecule has 0 radical (unpaired) electrons. The van der Waals surface area contributed by atoms with Crippen LogP contribution in [0, 0.1) is 5.92 Å². The summed E-state index contributed by atoms with van der Waals surface area (Å²) >= 11 is 0. The van der Waals surface area contributed by atoms with Crippen LogP contribution in [-0.2, 0) is 6.54 Å². The number of rotatable bonds is 5. The number of aliphatic hydroxyl groups is 1. The molecular formula is C25H27N3O2. The lowest BCUT2D eigenvalue weighted by Gasteiger charge is -2.39. The average molecular weight is 402 g/mol. The van der Waals surface area contributed by atoms with Crippen molar-refractivity contribution in [1.82, 2.24) is 9.88 Å². The summed E-state index contributed by atoms with van der Waals surface area (Å²) in [4.78, 5) is 6.71. The Bertz CT molecular complexity index is 1010. The molecule has 3 atom stereocenters. The summed E-state index contributed by atoms with van der Waals surface area (Å²) in [6, 6.07) is 19.4. The number of hydrogen-bond donors (Lipinski definition) is 2. The van der Waals surface area contributed by atoms with Gasteiger partial charge in [-0.3, -0.25) is 9.88 Å². The highest BCUT2D eigenvalue weighted by Crippen LogP contribution is 2.47. The molecule has 5 rings (SSSR count). The predicted octanol–water partition coefficient (Wildman–Crippen LogP) is 4.11. The third kappa shape index (κ3) is 3.44. The maximum Gasteiger partial charge on any atom is 0.118 e. The van der Waals surface area contributed by atoms with Crippen LogP contribution in [0.25, 0.3) is 11.1 Å². The SMILES string of the molecule is COc1ccc(-c2ccc3c(c2)[C@H]2[C@H](CCN2Cc2ccncc2)[C@@H](CO)N3)cc1. The van der Waals surface area contributed by atoms with Crippen LogP contribution in [0.15, 0.2) is 67.0 Å². The number of nitrogens with one attached hydrogen (secondary N) is 1. The third-order valence-electron chi connectivity index (χ3n) is 6.53. The molecule has 154 valence electrons. The van der Waals surface area contributed by atoms with E-state index in [-0.39, 0.29) is 12.6 Å². The van der Waals surface area contributed by atoms with Gasteiger partial charge in [0, 0.05) is 36.6 Å². The highest BCUT2D eigenvalue weighted by molar-refractivity contribution is 5.70. The fourth-order valence-electron chi connectivity index (χ4n) is 5.02. The van der Waals surface area contributed by atoms with E-state index >= 15 is 0 Å². The van der Waals surface area contributed by atoms with Crippen molar-refractivity contribution in [3.05, 3.63) is 78.1 Å². The Morgan fingerprint density at radius 1 is 1.07 bits per heavy atom. The van der Waals surface area contributed by atoms with E-state index in [1.807, 2.05) is 24.5 Å². The fraction of sp³-hybridized carbons (Fsp3) is 0.320. The molecule has 1 aromatic heterocycles. The van der Waals surface area contributed by atoms with E-state index in [4.69, 9.17) is 4.74 Å². The number of aliphatic hydroxyl groups excluding tert-OH is 1. The molecule has 5 nitrogen and oxygen atoms in total. The summed E-state index contributed by atoms with van der Waals surface area (Å²) < 4.78 is 5.30. The molecule has 0 bridgehead atoms. The van der Waals surface area contributed by atoms with Gasteiger partial charge in [-0.25, -0.2) is 0 Å². The maximum absolute atomic E-state index is 10.0. The summed E-state index contributed by atoms with van der Waals surface area (Å²) in [7, 11) is 1.69. The zero-order valence-corrected chi connectivity index (χ0v) is 17.2. The summed E-state index contributed by atoms with van der Waals surface area (Å²) in [6.45, 7) is 2.08. The number of ether oxygens (including phenoxy) is 1. The Hall–Kier alpha value is -2.89. The van der Waals surface area contributed by atoms with Crippen LogP contribution in [0.1, 0.15) is 23.6 Å². The van der Waals surface area contributed by atoms with E-state index < -0.39 is 0 Å². The molecule has 1 fully saturated rings. The van der Waals surface area contributed by atoms with Crippen molar-refractivity contribution in [1.29, 1.82) is 0 Å². The number of likely N-dealkylation sites (tertiary alicyclic amines) is 1.